The van der Waals surface area contributed by atoms with Crippen molar-refractivity contribution in [2.24, 2.45) is 41.4 Å². The van der Waals surface area contributed by atoms with Crippen LogP contribution in [-0.4, -0.2) is 68.4 Å². The molecule has 0 bridgehead atoms. The summed E-state index contributed by atoms with van der Waals surface area (Å²) < 4.78 is 0. The summed E-state index contributed by atoms with van der Waals surface area (Å²) >= 11 is 0. The molecule has 3 aliphatic rings. The Morgan fingerprint density at radius 1 is 0.956 bits per heavy atom. The number of carbonyl (C=O) groups excluding carboxylic acids is 6. The second kappa shape index (κ2) is 15.3. The van der Waals surface area contributed by atoms with Gasteiger partial charge in [-0.15, -0.1) is 0 Å². The van der Waals surface area contributed by atoms with Crippen molar-refractivity contribution in [2.75, 3.05) is 6.54 Å². The van der Waals surface area contributed by atoms with Crippen LogP contribution in [0.5, 0.6) is 0 Å². The zero-order valence-electron chi connectivity index (χ0n) is 27.5. The normalized spacial score (nSPS) is 23.0. The van der Waals surface area contributed by atoms with Crippen molar-refractivity contribution in [2.45, 2.75) is 111 Å². The maximum absolute atomic E-state index is 14.2. The van der Waals surface area contributed by atoms with Crippen molar-refractivity contribution in [3.63, 3.8) is 0 Å². The number of likely N-dealkylation sites (tertiary alicyclic amines) is 1. The van der Waals surface area contributed by atoms with Crippen molar-refractivity contribution in [3.8, 4) is 0 Å². The summed E-state index contributed by atoms with van der Waals surface area (Å²) in [6.45, 7) is 9.81. The Bertz CT molecular complexity index is 1260. The number of carbonyl (C=O) groups is 6. The van der Waals surface area contributed by atoms with E-state index >= 15 is 0 Å². The minimum Gasteiger partial charge on any atom is -0.344 e. The summed E-state index contributed by atoms with van der Waals surface area (Å²) in [5, 5.41) is 2.95. The van der Waals surface area contributed by atoms with Gasteiger partial charge in [-0.3, -0.25) is 33.8 Å². The first-order valence-corrected chi connectivity index (χ1v) is 16.9. The highest BCUT2D eigenvalue weighted by atomic mass is 16.2. The number of aromatic nitrogens is 2. The van der Waals surface area contributed by atoms with E-state index in [9.17, 15) is 28.8 Å². The van der Waals surface area contributed by atoms with E-state index in [0.29, 0.717) is 25.3 Å². The Kier molecular flexibility index (Phi) is 11.8. The summed E-state index contributed by atoms with van der Waals surface area (Å²) in [5.41, 5.74) is 0.187. The molecule has 0 spiro atoms. The van der Waals surface area contributed by atoms with Crippen molar-refractivity contribution >= 4 is 34.9 Å². The Morgan fingerprint density at radius 3 is 2.29 bits per heavy atom. The molecule has 1 aromatic rings. The van der Waals surface area contributed by atoms with Gasteiger partial charge in [0.2, 0.25) is 17.6 Å². The molecule has 2 heterocycles. The second-order valence-corrected chi connectivity index (χ2v) is 14.2. The number of rotatable bonds is 17. The summed E-state index contributed by atoms with van der Waals surface area (Å²) in [4.78, 5) is 90.3. The first kappa shape index (κ1) is 34.6. The van der Waals surface area contributed by atoms with Crippen LogP contribution in [0.25, 0.3) is 0 Å². The van der Waals surface area contributed by atoms with Gasteiger partial charge in [0.05, 0.1) is 12.2 Å². The highest BCUT2D eigenvalue weighted by molar-refractivity contribution is 6.38. The summed E-state index contributed by atoms with van der Waals surface area (Å²) in [6.07, 6.45) is 10.3. The fourth-order valence-corrected chi connectivity index (χ4v) is 7.23. The third-order valence-electron chi connectivity index (χ3n) is 10.0. The predicted molar refractivity (Wildman–Crippen MR) is 168 cm³/mol. The third kappa shape index (κ3) is 8.50. The molecule has 246 valence electrons. The van der Waals surface area contributed by atoms with Gasteiger partial charge in [-0.25, -0.2) is 4.98 Å². The van der Waals surface area contributed by atoms with Gasteiger partial charge in [-0.1, -0.05) is 47.5 Å². The SMILES string of the molecule is CCCC(CC(=O)[C@@H]1[C@H]2CCC[C@H]2CN1C(=O)[C@@H](NC(=O)[C@H](CC(=O)c1cnccn1)C(C)C)C(C)C)C(=O)C(=O)CC1CC1. The molecule has 10 nitrogen and oxygen atoms in total. The van der Waals surface area contributed by atoms with E-state index < -0.39 is 29.7 Å². The van der Waals surface area contributed by atoms with Gasteiger partial charge in [-0.2, -0.15) is 0 Å². The molecule has 3 fully saturated rings. The molecule has 0 aromatic carbocycles. The number of nitrogens with one attached hydrogen (secondary N) is 1. The zero-order chi connectivity index (χ0) is 32.8. The lowest BCUT2D eigenvalue weighted by atomic mass is 9.84. The van der Waals surface area contributed by atoms with Crippen LogP contribution in [0.3, 0.4) is 0 Å². The molecule has 1 unspecified atom stereocenters. The number of amides is 2. The highest BCUT2D eigenvalue weighted by Gasteiger charge is 2.51. The fraction of sp³-hybridized carbons (Fsp3) is 0.714. The number of nitrogens with zero attached hydrogens (tertiary/aromatic N) is 3. The van der Waals surface area contributed by atoms with Gasteiger partial charge in [0.1, 0.15) is 11.7 Å². The van der Waals surface area contributed by atoms with Gasteiger partial charge in [0, 0.05) is 50.0 Å². The van der Waals surface area contributed by atoms with E-state index in [4.69, 9.17) is 0 Å². The summed E-state index contributed by atoms with van der Waals surface area (Å²) in [7, 11) is 0. The topological polar surface area (TPSA) is 143 Å². The van der Waals surface area contributed by atoms with E-state index in [-0.39, 0.29) is 77.8 Å². The van der Waals surface area contributed by atoms with Crippen molar-refractivity contribution < 1.29 is 28.8 Å². The van der Waals surface area contributed by atoms with Gasteiger partial charge in [0.25, 0.3) is 0 Å². The van der Waals surface area contributed by atoms with Crippen LogP contribution in [0.15, 0.2) is 18.6 Å². The largest absolute Gasteiger partial charge is 0.344 e. The Hall–Kier alpha value is -3.30. The first-order valence-electron chi connectivity index (χ1n) is 16.9. The van der Waals surface area contributed by atoms with Crippen molar-refractivity contribution in [1.82, 2.24) is 20.2 Å². The molecule has 4 rings (SSSR count). The first-order chi connectivity index (χ1) is 21.4. The molecule has 0 radical (unpaired) electrons. The van der Waals surface area contributed by atoms with Crippen LogP contribution in [0.4, 0.5) is 0 Å². The maximum Gasteiger partial charge on any atom is 0.246 e. The molecule has 2 saturated carbocycles. The van der Waals surface area contributed by atoms with Crippen LogP contribution in [-0.2, 0) is 24.0 Å². The van der Waals surface area contributed by atoms with Crippen LogP contribution < -0.4 is 5.32 Å². The Labute approximate surface area is 266 Å². The highest BCUT2D eigenvalue weighted by Crippen LogP contribution is 2.44. The lowest BCUT2D eigenvalue weighted by Crippen LogP contribution is -2.56. The fourth-order valence-electron chi connectivity index (χ4n) is 7.23. The van der Waals surface area contributed by atoms with Gasteiger partial charge < -0.3 is 10.2 Å². The molecule has 2 aliphatic carbocycles. The van der Waals surface area contributed by atoms with Crippen molar-refractivity contribution in [1.29, 1.82) is 0 Å². The molecule has 45 heavy (non-hydrogen) atoms. The van der Waals surface area contributed by atoms with Gasteiger partial charge in [0.15, 0.2) is 17.3 Å². The average molecular weight is 623 g/mol. The molecule has 1 N–H and O–H groups in total. The third-order valence-corrected chi connectivity index (χ3v) is 10.0. The van der Waals surface area contributed by atoms with E-state index in [1.807, 2.05) is 34.6 Å². The minimum absolute atomic E-state index is 0.0116. The second-order valence-electron chi connectivity index (χ2n) is 14.2. The lowest BCUT2D eigenvalue weighted by molar-refractivity contribution is -0.144. The molecule has 10 heteroatoms. The summed E-state index contributed by atoms with van der Waals surface area (Å²) in [6, 6.07) is -1.55. The number of fused-ring (bicyclic) bond motifs is 1. The molecular formula is C35H50N4O6. The molecule has 1 aliphatic heterocycles. The quantitative estimate of drug-likeness (QED) is 0.199. The van der Waals surface area contributed by atoms with Crippen LogP contribution in [0, 0.1) is 41.4 Å². The van der Waals surface area contributed by atoms with E-state index in [1.54, 1.807) is 4.90 Å². The summed E-state index contributed by atoms with van der Waals surface area (Å²) in [5.74, 6) is -3.26. The standard InChI is InChI=1S/C35H50N4O6/c1-6-8-23(33(43)30(42)15-22-11-12-22)16-29(41)32-25-10-7-9-24(25)19-39(32)35(45)31(21(4)5)38-34(44)26(20(2)3)17-28(40)27-18-36-13-14-37-27/h13-14,18,20-26,31-32H,6-12,15-17,19H2,1-5H3,(H,38,44)/t23?,24-,25-,26+,31-,32-/m0/s1. The molecule has 1 aromatic heterocycles. The number of hydrogen-bond acceptors (Lipinski definition) is 8. The van der Waals surface area contributed by atoms with Crippen LogP contribution in [0.1, 0.15) is 109 Å². The number of hydrogen-bond donors (Lipinski definition) is 1. The zero-order valence-corrected chi connectivity index (χ0v) is 27.5. The minimum atomic E-state index is -0.882. The van der Waals surface area contributed by atoms with E-state index in [2.05, 4.69) is 15.3 Å². The van der Waals surface area contributed by atoms with E-state index in [1.165, 1.54) is 18.6 Å². The van der Waals surface area contributed by atoms with Crippen LogP contribution >= 0.6 is 0 Å². The predicted octanol–water partition coefficient (Wildman–Crippen LogP) is 4.40. The molecular weight excluding hydrogens is 572 g/mol. The lowest BCUT2D eigenvalue weighted by Gasteiger charge is -2.33. The Morgan fingerprint density at radius 2 is 1.69 bits per heavy atom. The number of ketones is 4. The van der Waals surface area contributed by atoms with Crippen molar-refractivity contribution in [3.05, 3.63) is 24.3 Å². The van der Waals surface area contributed by atoms with Crippen LogP contribution in [0.2, 0.25) is 0 Å². The smallest absolute Gasteiger partial charge is 0.246 e. The molecule has 2 amide bonds. The maximum atomic E-state index is 14.2. The average Bonchev–Trinajstić information content (AvgIpc) is 3.57. The van der Waals surface area contributed by atoms with Gasteiger partial charge in [-0.05, 0) is 61.7 Å². The Balaban J connectivity index is 1.50. The number of Topliss-reactive ketones (excluding diaryl/α,β-unsaturated/α-hetero) is 4. The molecule has 6 atom stereocenters. The molecule has 1 saturated heterocycles. The monoisotopic (exact) mass is 622 g/mol. The van der Waals surface area contributed by atoms with Gasteiger partial charge >= 0.3 is 0 Å². The van der Waals surface area contributed by atoms with E-state index in [0.717, 1.165) is 32.1 Å².